The minimum absolute atomic E-state index is 0.164. The van der Waals surface area contributed by atoms with Crippen LogP contribution >= 0.6 is 0 Å². The maximum absolute atomic E-state index is 14.4. The van der Waals surface area contributed by atoms with Crippen LogP contribution in [0.15, 0.2) is 48.5 Å². The van der Waals surface area contributed by atoms with E-state index in [4.69, 9.17) is 4.98 Å². The molecule has 2 N–H and O–H groups in total. The summed E-state index contributed by atoms with van der Waals surface area (Å²) in [5.74, 6) is 0.726. The lowest BCUT2D eigenvalue weighted by molar-refractivity contribution is 0.205. The number of nitrogens with zero attached hydrogens (tertiary/aromatic N) is 6. The van der Waals surface area contributed by atoms with Crippen molar-refractivity contribution in [2.45, 2.75) is 32.7 Å². The van der Waals surface area contributed by atoms with Gasteiger partial charge in [-0.25, -0.2) is 14.2 Å². The van der Waals surface area contributed by atoms with E-state index in [0.717, 1.165) is 35.6 Å². The highest BCUT2D eigenvalue weighted by atomic mass is 19.1. The molecule has 168 valence electrons. The standard InChI is InChI=1S/C23H23FN8O/c1-14-21(16-7-4-3-5-8-16)27-22(25-14)19-9-6-12-31(19)23(33)26-17-10-11-18(24)20(13-17)32-15(2)28-29-30-32/h3-5,7-8,10-11,13,19H,6,9,12H2,1-2H3,(H,25,27)(H,26,33). The van der Waals surface area contributed by atoms with Gasteiger partial charge in [-0.2, -0.15) is 4.68 Å². The first-order valence-corrected chi connectivity index (χ1v) is 10.8. The second-order valence-electron chi connectivity index (χ2n) is 8.05. The number of carbonyl (C=O) groups is 1. The normalized spacial score (nSPS) is 15.7. The quantitative estimate of drug-likeness (QED) is 0.489. The van der Waals surface area contributed by atoms with Crippen LogP contribution in [0, 0.1) is 19.7 Å². The van der Waals surface area contributed by atoms with E-state index in [9.17, 15) is 9.18 Å². The van der Waals surface area contributed by atoms with Crippen molar-refractivity contribution in [2.24, 2.45) is 0 Å². The summed E-state index contributed by atoms with van der Waals surface area (Å²) < 4.78 is 15.7. The van der Waals surface area contributed by atoms with E-state index in [1.807, 2.05) is 37.3 Å². The molecule has 1 aliphatic heterocycles. The summed E-state index contributed by atoms with van der Waals surface area (Å²) in [5, 5.41) is 14.0. The van der Waals surface area contributed by atoms with Gasteiger partial charge in [0.05, 0.1) is 11.7 Å². The van der Waals surface area contributed by atoms with Gasteiger partial charge in [0.25, 0.3) is 0 Å². The number of aromatic nitrogens is 6. The molecule has 1 unspecified atom stereocenters. The molecule has 2 aromatic carbocycles. The van der Waals surface area contributed by atoms with Crippen molar-refractivity contribution in [1.82, 2.24) is 35.1 Å². The number of urea groups is 1. The first-order chi connectivity index (χ1) is 16.0. The number of aryl methyl sites for hydroxylation is 2. The van der Waals surface area contributed by atoms with E-state index in [1.54, 1.807) is 11.8 Å². The molecule has 2 amide bonds. The molecule has 9 nitrogen and oxygen atoms in total. The fraction of sp³-hybridized carbons (Fsp3) is 0.261. The number of amides is 2. The maximum Gasteiger partial charge on any atom is 0.322 e. The van der Waals surface area contributed by atoms with E-state index in [-0.39, 0.29) is 17.8 Å². The van der Waals surface area contributed by atoms with Crippen molar-refractivity contribution in [1.29, 1.82) is 0 Å². The number of hydrogen-bond acceptors (Lipinski definition) is 5. The maximum atomic E-state index is 14.4. The Bertz CT molecular complexity index is 1300. The van der Waals surface area contributed by atoms with Crippen LogP contribution in [0.1, 0.15) is 36.2 Å². The van der Waals surface area contributed by atoms with Crippen LogP contribution in [-0.2, 0) is 0 Å². The number of hydrogen-bond donors (Lipinski definition) is 2. The highest BCUT2D eigenvalue weighted by Gasteiger charge is 2.33. The highest BCUT2D eigenvalue weighted by Crippen LogP contribution is 2.33. The van der Waals surface area contributed by atoms with E-state index in [1.165, 1.54) is 22.9 Å². The van der Waals surface area contributed by atoms with Gasteiger partial charge < -0.3 is 15.2 Å². The van der Waals surface area contributed by atoms with Crippen LogP contribution in [0.5, 0.6) is 0 Å². The largest absolute Gasteiger partial charge is 0.344 e. The van der Waals surface area contributed by atoms with Gasteiger partial charge in [-0.1, -0.05) is 30.3 Å². The van der Waals surface area contributed by atoms with Gasteiger partial charge in [0.15, 0.2) is 5.82 Å². The molecular formula is C23H23FN8O. The highest BCUT2D eigenvalue weighted by molar-refractivity contribution is 5.90. The Hall–Kier alpha value is -4.08. The fourth-order valence-corrected chi connectivity index (χ4v) is 4.21. The predicted molar refractivity (Wildman–Crippen MR) is 120 cm³/mol. The molecule has 0 aliphatic carbocycles. The van der Waals surface area contributed by atoms with Gasteiger partial charge in [0.2, 0.25) is 0 Å². The van der Waals surface area contributed by atoms with Crippen LogP contribution in [0.4, 0.5) is 14.9 Å². The summed E-state index contributed by atoms with van der Waals surface area (Å²) in [7, 11) is 0. The average Bonchev–Trinajstić information content (AvgIpc) is 3.55. The second kappa shape index (κ2) is 8.45. The summed E-state index contributed by atoms with van der Waals surface area (Å²) in [6.45, 7) is 4.27. The summed E-state index contributed by atoms with van der Waals surface area (Å²) in [4.78, 5) is 23.1. The molecule has 0 bridgehead atoms. The van der Waals surface area contributed by atoms with Crippen molar-refractivity contribution in [3.05, 3.63) is 71.7 Å². The Kier molecular flexibility index (Phi) is 5.33. The number of H-pyrrole nitrogens is 1. The van der Waals surface area contributed by atoms with E-state index >= 15 is 0 Å². The smallest absolute Gasteiger partial charge is 0.322 e. The first kappa shape index (κ1) is 20.8. The van der Waals surface area contributed by atoms with Crippen molar-refractivity contribution in [3.8, 4) is 16.9 Å². The third-order valence-electron chi connectivity index (χ3n) is 5.83. The molecule has 33 heavy (non-hydrogen) atoms. The molecule has 0 radical (unpaired) electrons. The van der Waals surface area contributed by atoms with Crippen LogP contribution in [0.3, 0.4) is 0 Å². The Labute approximate surface area is 189 Å². The Morgan fingerprint density at radius 2 is 2.00 bits per heavy atom. The number of tetrazole rings is 1. The summed E-state index contributed by atoms with van der Waals surface area (Å²) in [6.07, 6.45) is 1.68. The van der Waals surface area contributed by atoms with Gasteiger partial charge in [0, 0.05) is 23.5 Å². The molecule has 2 aromatic heterocycles. The van der Waals surface area contributed by atoms with E-state index in [0.29, 0.717) is 18.1 Å². The topological polar surface area (TPSA) is 105 Å². The molecule has 1 saturated heterocycles. The lowest BCUT2D eigenvalue weighted by Gasteiger charge is -2.23. The number of imidazole rings is 1. The zero-order chi connectivity index (χ0) is 22.9. The minimum Gasteiger partial charge on any atom is -0.344 e. The van der Waals surface area contributed by atoms with Gasteiger partial charge in [-0.3, -0.25) is 0 Å². The molecule has 4 aromatic rings. The Balaban J connectivity index is 1.37. The number of halogens is 1. The van der Waals surface area contributed by atoms with Crippen molar-refractivity contribution in [2.75, 3.05) is 11.9 Å². The van der Waals surface area contributed by atoms with Crippen LogP contribution in [0.25, 0.3) is 16.9 Å². The van der Waals surface area contributed by atoms with Gasteiger partial charge in [0.1, 0.15) is 17.3 Å². The van der Waals surface area contributed by atoms with E-state index in [2.05, 4.69) is 25.8 Å². The third kappa shape index (κ3) is 3.95. The number of anilines is 1. The number of carbonyl (C=O) groups excluding carboxylic acids is 1. The number of benzene rings is 2. The zero-order valence-electron chi connectivity index (χ0n) is 18.3. The zero-order valence-corrected chi connectivity index (χ0v) is 18.3. The number of aromatic amines is 1. The van der Waals surface area contributed by atoms with Crippen molar-refractivity contribution in [3.63, 3.8) is 0 Å². The third-order valence-corrected chi connectivity index (χ3v) is 5.83. The molecule has 10 heteroatoms. The molecule has 1 fully saturated rings. The Morgan fingerprint density at radius 3 is 2.76 bits per heavy atom. The molecule has 5 rings (SSSR count). The first-order valence-electron chi connectivity index (χ1n) is 10.8. The van der Waals surface area contributed by atoms with Crippen LogP contribution in [0.2, 0.25) is 0 Å². The average molecular weight is 446 g/mol. The summed E-state index contributed by atoms with van der Waals surface area (Å²) >= 11 is 0. The SMILES string of the molecule is Cc1[nH]c(C2CCCN2C(=O)Nc2ccc(F)c(-n3nnnc3C)c2)nc1-c1ccccc1. The van der Waals surface area contributed by atoms with Crippen molar-refractivity contribution >= 4 is 11.7 Å². The molecule has 3 heterocycles. The summed E-state index contributed by atoms with van der Waals surface area (Å²) in [6, 6.07) is 13.9. The summed E-state index contributed by atoms with van der Waals surface area (Å²) in [5.41, 5.74) is 3.50. The van der Waals surface area contributed by atoms with Gasteiger partial charge in [-0.15, -0.1) is 5.10 Å². The van der Waals surface area contributed by atoms with Crippen LogP contribution < -0.4 is 5.32 Å². The fourth-order valence-electron chi connectivity index (χ4n) is 4.21. The Morgan fingerprint density at radius 1 is 1.18 bits per heavy atom. The minimum atomic E-state index is -0.484. The molecule has 0 saturated carbocycles. The van der Waals surface area contributed by atoms with Gasteiger partial charge >= 0.3 is 6.03 Å². The molecular weight excluding hydrogens is 423 g/mol. The second-order valence-corrected chi connectivity index (χ2v) is 8.05. The van der Waals surface area contributed by atoms with Crippen LogP contribution in [-0.4, -0.2) is 47.7 Å². The predicted octanol–water partition coefficient (Wildman–Crippen LogP) is 4.18. The number of nitrogens with one attached hydrogen (secondary N) is 2. The number of rotatable bonds is 4. The lowest BCUT2D eigenvalue weighted by Crippen LogP contribution is -2.35. The van der Waals surface area contributed by atoms with Crippen molar-refractivity contribution < 1.29 is 9.18 Å². The van der Waals surface area contributed by atoms with E-state index < -0.39 is 5.82 Å². The molecule has 0 spiro atoms. The molecule has 1 atom stereocenters. The number of likely N-dealkylation sites (tertiary alicyclic amines) is 1. The molecule has 1 aliphatic rings. The van der Waals surface area contributed by atoms with Gasteiger partial charge in [-0.05, 0) is 55.3 Å². The lowest BCUT2D eigenvalue weighted by atomic mass is 10.1. The monoisotopic (exact) mass is 446 g/mol.